The molecule has 2 heterocycles. The first-order valence-corrected chi connectivity index (χ1v) is 6.03. The van der Waals surface area contributed by atoms with E-state index in [1.807, 2.05) is 11.9 Å². The Morgan fingerprint density at radius 2 is 2.35 bits per heavy atom. The lowest BCUT2D eigenvalue weighted by molar-refractivity contribution is 0.116. The summed E-state index contributed by atoms with van der Waals surface area (Å²) in [5.41, 5.74) is 6.20. The summed E-state index contributed by atoms with van der Waals surface area (Å²) in [5.74, 6) is 0.718. The molecule has 5 nitrogen and oxygen atoms in total. The fourth-order valence-electron chi connectivity index (χ4n) is 1.96. The number of likely N-dealkylation sites (N-methyl/N-ethyl adjacent to an activating group) is 1. The van der Waals surface area contributed by atoms with E-state index >= 15 is 0 Å². The Kier molecular flexibility index (Phi) is 3.86. The zero-order chi connectivity index (χ0) is 12.3. The van der Waals surface area contributed by atoms with Crippen LogP contribution < -0.4 is 10.6 Å². The maximum Gasteiger partial charge on any atom is 0.157 e. The summed E-state index contributed by atoms with van der Waals surface area (Å²) in [6.45, 7) is 1.63. The molecule has 17 heavy (non-hydrogen) atoms. The van der Waals surface area contributed by atoms with Gasteiger partial charge in [-0.3, -0.25) is 0 Å². The highest BCUT2D eigenvalue weighted by Gasteiger charge is 2.20. The van der Waals surface area contributed by atoms with Crippen LogP contribution in [0.3, 0.4) is 0 Å². The molecule has 1 saturated heterocycles. The Hall–Kier alpha value is -1.27. The number of nitrogens with two attached hydrogens (primary N) is 1. The van der Waals surface area contributed by atoms with Gasteiger partial charge in [0.25, 0.3) is 0 Å². The molecule has 0 amide bonds. The highest BCUT2D eigenvalue weighted by atomic mass is 32.1. The van der Waals surface area contributed by atoms with Crippen LogP contribution in [0.4, 0.5) is 5.82 Å². The van der Waals surface area contributed by atoms with E-state index in [2.05, 4.69) is 9.97 Å². The minimum Gasteiger partial charge on any atom is -0.388 e. The van der Waals surface area contributed by atoms with Crippen molar-refractivity contribution in [2.24, 2.45) is 5.73 Å². The van der Waals surface area contributed by atoms with E-state index in [0.29, 0.717) is 5.69 Å². The molecule has 1 aromatic rings. The van der Waals surface area contributed by atoms with E-state index in [1.54, 1.807) is 12.4 Å². The molecule has 0 radical (unpaired) electrons. The van der Waals surface area contributed by atoms with Crippen LogP contribution >= 0.6 is 12.2 Å². The van der Waals surface area contributed by atoms with Gasteiger partial charge in [-0.25, -0.2) is 9.97 Å². The fourth-order valence-corrected chi connectivity index (χ4v) is 2.11. The topological polar surface area (TPSA) is 64.3 Å². The first-order valence-electron chi connectivity index (χ1n) is 5.62. The molecule has 0 saturated carbocycles. The van der Waals surface area contributed by atoms with Crippen LogP contribution in [0, 0.1) is 0 Å². The van der Waals surface area contributed by atoms with Gasteiger partial charge in [0.15, 0.2) is 5.82 Å². The number of aromatic nitrogens is 2. The van der Waals surface area contributed by atoms with Crippen LogP contribution in [0.1, 0.15) is 18.5 Å². The first kappa shape index (κ1) is 12.2. The summed E-state index contributed by atoms with van der Waals surface area (Å²) in [6.07, 6.45) is 5.72. The van der Waals surface area contributed by atoms with Crippen LogP contribution in [0.2, 0.25) is 0 Å². The van der Waals surface area contributed by atoms with Crippen LogP contribution in [0.25, 0.3) is 0 Å². The maximum absolute atomic E-state index is 5.63. The molecule has 92 valence electrons. The third kappa shape index (κ3) is 2.89. The molecule has 1 atom stereocenters. The largest absolute Gasteiger partial charge is 0.388 e. The first-order chi connectivity index (χ1) is 8.18. The Morgan fingerprint density at radius 1 is 1.59 bits per heavy atom. The SMILES string of the molecule is CN(CC1CCCO1)c1nccnc1C(N)=S. The summed E-state index contributed by atoms with van der Waals surface area (Å²) in [4.78, 5) is 10.7. The van der Waals surface area contributed by atoms with Crippen molar-refractivity contribution < 1.29 is 4.74 Å². The standard InChI is InChI=1S/C11H16N4OS/c1-15(7-8-3-2-6-16-8)11-9(10(12)17)13-4-5-14-11/h4-5,8H,2-3,6-7H2,1H3,(H2,12,17). The lowest BCUT2D eigenvalue weighted by atomic mass is 10.2. The Bertz CT molecular complexity index is 406. The number of rotatable bonds is 4. The predicted octanol–water partition coefficient (Wildman–Crippen LogP) is 0.726. The van der Waals surface area contributed by atoms with E-state index < -0.39 is 0 Å². The second kappa shape index (κ2) is 5.37. The molecule has 1 aromatic heterocycles. The number of hydrogen-bond acceptors (Lipinski definition) is 5. The minimum atomic E-state index is 0.265. The molecule has 1 fully saturated rings. The second-order valence-electron chi connectivity index (χ2n) is 4.11. The van der Waals surface area contributed by atoms with Crippen molar-refractivity contribution in [3.05, 3.63) is 18.1 Å². The van der Waals surface area contributed by atoms with E-state index in [9.17, 15) is 0 Å². The molecule has 1 aliphatic rings. The molecule has 0 aliphatic carbocycles. The molecule has 1 aliphatic heterocycles. The van der Waals surface area contributed by atoms with Crippen molar-refractivity contribution in [3.63, 3.8) is 0 Å². The minimum absolute atomic E-state index is 0.265. The average Bonchev–Trinajstić information content (AvgIpc) is 2.81. The molecule has 0 aromatic carbocycles. The normalized spacial score (nSPS) is 19.2. The maximum atomic E-state index is 5.63. The summed E-state index contributed by atoms with van der Waals surface area (Å²) in [7, 11) is 1.95. The van der Waals surface area contributed by atoms with Gasteiger partial charge >= 0.3 is 0 Å². The third-order valence-corrected chi connectivity index (χ3v) is 2.97. The number of hydrogen-bond donors (Lipinski definition) is 1. The average molecular weight is 252 g/mol. The summed E-state index contributed by atoms with van der Waals surface area (Å²) >= 11 is 4.97. The van der Waals surface area contributed by atoms with Gasteiger partial charge in [-0.15, -0.1) is 0 Å². The Morgan fingerprint density at radius 3 is 3.00 bits per heavy atom. The highest BCUT2D eigenvalue weighted by molar-refractivity contribution is 7.80. The number of ether oxygens (including phenoxy) is 1. The number of thiocarbonyl (C=S) groups is 1. The van der Waals surface area contributed by atoms with E-state index in [4.69, 9.17) is 22.7 Å². The van der Waals surface area contributed by atoms with Crippen molar-refractivity contribution in [2.75, 3.05) is 25.1 Å². The number of anilines is 1. The second-order valence-corrected chi connectivity index (χ2v) is 4.55. The van der Waals surface area contributed by atoms with Crippen LogP contribution in [0.15, 0.2) is 12.4 Å². The van der Waals surface area contributed by atoms with E-state index in [0.717, 1.165) is 31.8 Å². The van der Waals surface area contributed by atoms with Crippen molar-refractivity contribution in [3.8, 4) is 0 Å². The molecule has 0 spiro atoms. The van der Waals surface area contributed by atoms with Gasteiger partial charge in [-0.05, 0) is 12.8 Å². The van der Waals surface area contributed by atoms with Crippen molar-refractivity contribution in [1.29, 1.82) is 0 Å². The van der Waals surface area contributed by atoms with Gasteiger partial charge in [0.1, 0.15) is 10.7 Å². The molecule has 0 bridgehead atoms. The molecule has 2 rings (SSSR count). The van der Waals surface area contributed by atoms with E-state index in [-0.39, 0.29) is 11.1 Å². The Balaban J connectivity index is 2.12. The van der Waals surface area contributed by atoms with Gasteiger partial charge < -0.3 is 15.4 Å². The lowest BCUT2D eigenvalue weighted by Crippen LogP contribution is -2.31. The lowest BCUT2D eigenvalue weighted by Gasteiger charge is -2.22. The van der Waals surface area contributed by atoms with Crippen molar-refractivity contribution in [2.45, 2.75) is 18.9 Å². The van der Waals surface area contributed by atoms with Crippen LogP contribution in [-0.2, 0) is 4.74 Å². The number of nitrogens with zero attached hydrogens (tertiary/aromatic N) is 3. The molecule has 6 heteroatoms. The van der Waals surface area contributed by atoms with Crippen molar-refractivity contribution >= 4 is 23.0 Å². The van der Waals surface area contributed by atoms with E-state index in [1.165, 1.54) is 0 Å². The smallest absolute Gasteiger partial charge is 0.157 e. The molecule has 2 N–H and O–H groups in total. The fraction of sp³-hybridized carbons (Fsp3) is 0.545. The molecular formula is C11H16N4OS. The zero-order valence-corrected chi connectivity index (χ0v) is 10.6. The van der Waals surface area contributed by atoms with Crippen LogP contribution in [0.5, 0.6) is 0 Å². The van der Waals surface area contributed by atoms with Gasteiger partial charge in [0.2, 0.25) is 0 Å². The third-order valence-electron chi connectivity index (χ3n) is 2.78. The predicted molar refractivity (Wildman–Crippen MR) is 70.2 cm³/mol. The summed E-state index contributed by atoms with van der Waals surface area (Å²) in [6, 6.07) is 0. The van der Waals surface area contributed by atoms with Gasteiger partial charge in [-0.2, -0.15) is 0 Å². The van der Waals surface area contributed by atoms with Crippen LogP contribution in [-0.4, -0.2) is 41.3 Å². The summed E-state index contributed by atoms with van der Waals surface area (Å²) < 4.78 is 5.59. The van der Waals surface area contributed by atoms with Gasteiger partial charge in [0.05, 0.1) is 6.10 Å². The van der Waals surface area contributed by atoms with Gasteiger partial charge in [0, 0.05) is 32.6 Å². The summed E-state index contributed by atoms with van der Waals surface area (Å²) in [5, 5.41) is 0. The van der Waals surface area contributed by atoms with Crippen molar-refractivity contribution in [1.82, 2.24) is 9.97 Å². The molecule has 1 unspecified atom stereocenters. The molecular weight excluding hydrogens is 236 g/mol. The van der Waals surface area contributed by atoms with Gasteiger partial charge in [-0.1, -0.05) is 12.2 Å². The monoisotopic (exact) mass is 252 g/mol. The highest BCUT2D eigenvalue weighted by Crippen LogP contribution is 2.18. The quantitative estimate of drug-likeness (QED) is 0.797. The zero-order valence-electron chi connectivity index (χ0n) is 9.80. The Labute approximate surface area is 106 Å².